The molecule has 0 fully saturated rings. The van der Waals surface area contributed by atoms with Gasteiger partial charge in [-0.15, -0.1) is 11.8 Å². The molecule has 1 N–H and O–H groups in total. The second kappa shape index (κ2) is 8.11. The third-order valence-electron chi connectivity index (χ3n) is 3.47. The fourth-order valence-electron chi connectivity index (χ4n) is 2.02. The third kappa shape index (κ3) is 4.68. The van der Waals surface area contributed by atoms with Crippen molar-refractivity contribution in [2.75, 3.05) is 5.32 Å². The molecule has 3 nitrogen and oxygen atoms in total. The molecule has 1 amide bonds. The monoisotopic (exact) mass is 345 g/mol. The van der Waals surface area contributed by atoms with Crippen LogP contribution in [0.5, 0.6) is 0 Å². The minimum atomic E-state index is -0.405. The van der Waals surface area contributed by atoms with Gasteiger partial charge in [0.1, 0.15) is 5.82 Å². The zero-order chi connectivity index (χ0) is 17.7. The van der Waals surface area contributed by atoms with Gasteiger partial charge in [-0.3, -0.25) is 9.59 Å². The lowest BCUT2D eigenvalue weighted by molar-refractivity contribution is -0.118. The average Bonchev–Trinajstić information content (AvgIpc) is 2.56. The first kappa shape index (κ1) is 18.2. The van der Waals surface area contributed by atoms with E-state index in [9.17, 15) is 14.0 Å². The van der Waals surface area contributed by atoms with Crippen LogP contribution in [0.4, 0.5) is 10.1 Å². The minimum absolute atomic E-state index is 0.0717. The van der Waals surface area contributed by atoms with Gasteiger partial charge in [0.25, 0.3) is 0 Å². The highest BCUT2D eigenvalue weighted by atomic mass is 32.2. The molecule has 0 saturated carbocycles. The molecule has 5 heteroatoms. The number of thioether (sulfide) groups is 1. The number of hydrogen-bond donors (Lipinski definition) is 1. The van der Waals surface area contributed by atoms with E-state index in [1.807, 2.05) is 13.8 Å². The van der Waals surface area contributed by atoms with Gasteiger partial charge < -0.3 is 5.32 Å². The Hall–Kier alpha value is -2.14. The molecule has 0 aromatic heterocycles. The summed E-state index contributed by atoms with van der Waals surface area (Å²) in [7, 11) is 0. The van der Waals surface area contributed by atoms with Gasteiger partial charge in [0.15, 0.2) is 5.78 Å². The molecule has 0 aliphatic carbocycles. The predicted octanol–water partition coefficient (Wildman–Crippen LogP) is 4.78. The van der Waals surface area contributed by atoms with Crippen molar-refractivity contribution in [1.82, 2.24) is 0 Å². The van der Waals surface area contributed by atoms with Crippen LogP contribution in [0.2, 0.25) is 0 Å². The zero-order valence-electron chi connectivity index (χ0n) is 13.9. The van der Waals surface area contributed by atoms with Crippen LogP contribution in [0.15, 0.2) is 53.4 Å². The van der Waals surface area contributed by atoms with Crippen molar-refractivity contribution < 1.29 is 14.0 Å². The number of rotatable bonds is 6. The highest BCUT2D eigenvalue weighted by molar-refractivity contribution is 8.00. The van der Waals surface area contributed by atoms with Crippen molar-refractivity contribution >= 4 is 29.1 Å². The van der Waals surface area contributed by atoms with E-state index in [0.29, 0.717) is 16.1 Å². The van der Waals surface area contributed by atoms with E-state index in [4.69, 9.17) is 0 Å². The summed E-state index contributed by atoms with van der Waals surface area (Å²) in [6.45, 7) is 5.39. The molecule has 2 aromatic rings. The lowest BCUT2D eigenvalue weighted by Gasteiger charge is -2.12. The largest absolute Gasteiger partial charge is 0.326 e. The Morgan fingerprint density at radius 2 is 1.62 bits per heavy atom. The lowest BCUT2D eigenvalue weighted by Crippen LogP contribution is -2.18. The Kier molecular flexibility index (Phi) is 6.15. The molecule has 0 saturated heterocycles. The maximum Gasteiger partial charge on any atom is 0.226 e. The molecule has 2 aromatic carbocycles. The number of anilines is 1. The van der Waals surface area contributed by atoms with E-state index in [-0.39, 0.29) is 23.4 Å². The van der Waals surface area contributed by atoms with Crippen molar-refractivity contribution in [2.24, 2.45) is 5.92 Å². The van der Waals surface area contributed by atoms with E-state index in [1.165, 1.54) is 17.8 Å². The van der Waals surface area contributed by atoms with Crippen LogP contribution in [0.1, 0.15) is 31.1 Å². The summed E-state index contributed by atoms with van der Waals surface area (Å²) in [5, 5.41) is 2.37. The quantitative estimate of drug-likeness (QED) is 0.605. The molecule has 0 radical (unpaired) electrons. The number of ketones is 1. The van der Waals surface area contributed by atoms with Gasteiger partial charge in [-0.05, 0) is 43.3 Å². The summed E-state index contributed by atoms with van der Waals surface area (Å²) < 4.78 is 13.7. The maximum atomic E-state index is 13.7. The normalized spacial score (nSPS) is 12.0. The summed E-state index contributed by atoms with van der Waals surface area (Å²) in [4.78, 5) is 24.6. The van der Waals surface area contributed by atoms with Gasteiger partial charge in [0.2, 0.25) is 5.91 Å². The predicted molar refractivity (Wildman–Crippen MR) is 96.0 cm³/mol. The Bertz CT molecular complexity index is 728. The number of halogens is 1. The summed E-state index contributed by atoms with van der Waals surface area (Å²) in [6.07, 6.45) is 0. The molecule has 0 unspecified atom stereocenters. The van der Waals surface area contributed by atoms with Gasteiger partial charge in [-0.25, -0.2) is 4.39 Å². The molecule has 2 rings (SSSR count). The second-order valence-corrected chi connectivity index (χ2v) is 7.16. The summed E-state index contributed by atoms with van der Waals surface area (Å²) >= 11 is 1.20. The van der Waals surface area contributed by atoms with Gasteiger partial charge >= 0.3 is 0 Å². The van der Waals surface area contributed by atoms with E-state index >= 15 is 0 Å². The van der Waals surface area contributed by atoms with Crippen LogP contribution >= 0.6 is 11.8 Å². The SMILES string of the molecule is CC(C)C(=O)Nc1ccc(C(=O)[C@@H](C)Sc2ccccc2F)cc1. The number of carbonyl (C=O) groups is 2. The number of hydrogen-bond acceptors (Lipinski definition) is 3. The summed E-state index contributed by atoms with van der Waals surface area (Å²) in [5.74, 6) is -0.583. The van der Waals surface area contributed by atoms with Crippen LogP contribution in [0, 0.1) is 11.7 Å². The summed E-state index contributed by atoms with van der Waals surface area (Å²) in [5.41, 5.74) is 1.19. The summed E-state index contributed by atoms with van der Waals surface area (Å²) in [6, 6.07) is 13.2. The van der Waals surface area contributed by atoms with E-state index < -0.39 is 5.25 Å². The second-order valence-electron chi connectivity index (χ2n) is 5.78. The Morgan fingerprint density at radius 1 is 1.00 bits per heavy atom. The Balaban J connectivity index is 2.04. The topological polar surface area (TPSA) is 46.2 Å². The maximum absolute atomic E-state index is 13.7. The average molecular weight is 345 g/mol. The molecular weight excluding hydrogens is 325 g/mol. The zero-order valence-corrected chi connectivity index (χ0v) is 14.7. The minimum Gasteiger partial charge on any atom is -0.326 e. The van der Waals surface area contributed by atoms with Gasteiger partial charge in [0.05, 0.1) is 5.25 Å². The van der Waals surface area contributed by atoms with Crippen molar-refractivity contribution in [1.29, 1.82) is 0 Å². The number of carbonyl (C=O) groups excluding carboxylic acids is 2. The molecule has 0 aliphatic heterocycles. The molecule has 0 aliphatic rings. The number of Topliss-reactive ketones (excluding diaryl/α,β-unsaturated/α-hetero) is 1. The first-order chi connectivity index (χ1) is 11.4. The van der Waals surface area contributed by atoms with Crippen LogP contribution < -0.4 is 5.32 Å². The van der Waals surface area contributed by atoms with Gasteiger partial charge in [-0.2, -0.15) is 0 Å². The van der Waals surface area contributed by atoms with Gasteiger partial charge in [0, 0.05) is 22.1 Å². The van der Waals surface area contributed by atoms with E-state index in [1.54, 1.807) is 49.4 Å². The van der Waals surface area contributed by atoms with Crippen LogP contribution in [-0.4, -0.2) is 16.9 Å². The Labute approximate surface area is 145 Å². The van der Waals surface area contributed by atoms with Crippen molar-refractivity contribution in [3.05, 3.63) is 59.9 Å². The van der Waals surface area contributed by atoms with E-state index in [0.717, 1.165) is 0 Å². The number of nitrogens with one attached hydrogen (secondary N) is 1. The van der Waals surface area contributed by atoms with Crippen LogP contribution in [-0.2, 0) is 4.79 Å². The van der Waals surface area contributed by atoms with Crippen molar-refractivity contribution in [3.8, 4) is 0 Å². The molecule has 126 valence electrons. The number of amides is 1. The van der Waals surface area contributed by atoms with Crippen LogP contribution in [0.3, 0.4) is 0 Å². The molecule has 1 atom stereocenters. The lowest BCUT2D eigenvalue weighted by atomic mass is 10.1. The standard InChI is InChI=1S/C19H20FNO2S/c1-12(2)19(23)21-15-10-8-14(9-11-15)18(22)13(3)24-17-7-5-4-6-16(17)20/h4-13H,1-3H3,(H,21,23)/t13-/m1/s1. The smallest absolute Gasteiger partial charge is 0.226 e. The fraction of sp³-hybridized carbons (Fsp3) is 0.263. The third-order valence-corrected chi connectivity index (χ3v) is 4.62. The van der Waals surface area contributed by atoms with Gasteiger partial charge in [-0.1, -0.05) is 26.0 Å². The first-order valence-corrected chi connectivity index (χ1v) is 8.62. The first-order valence-electron chi connectivity index (χ1n) is 7.75. The highest BCUT2D eigenvalue weighted by Gasteiger charge is 2.18. The molecule has 0 heterocycles. The molecule has 24 heavy (non-hydrogen) atoms. The number of benzene rings is 2. The van der Waals surface area contributed by atoms with Crippen molar-refractivity contribution in [3.63, 3.8) is 0 Å². The molecule has 0 spiro atoms. The molecular formula is C19H20FNO2S. The van der Waals surface area contributed by atoms with Crippen molar-refractivity contribution in [2.45, 2.75) is 30.9 Å². The fourth-order valence-corrected chi connectivity index (χ4v) is 2.99. The van der Waals surface area contributed by atoms with E-state index in [2.05, 4.69) is 5.32 Å². The highest BCUT2D eigenvalue weighted by Crippen LogP contribution is 2.28. The Morgan fingerprint density at radius 3 is 2.21 bits per heavy atom. The van der Waals surface area contributed by atoms with Crippen LogP contribution in [0.25, 0.3) is 0 Å². The molecule has 0 bridgehead atoms.